The molecule has 2 aromatic carbocycles. The third kappa shape index (κ3) is 7.24. The molecule has 0 spiro atoms. The second kappa shape index (κ2) is 12.6. The van der Waals surface area contributed by atoms with Crippen molar-refractivity contribution in [2.75, 3.05) is 13.2 Å². The molecule has 0 fully saturated rings. The van der Waals surface area contributed by atoms with Crippen LogP contribution in [0, 0.1) is 13.8 Å². The summed E-state index contributed by atoms with van der Waals surface area (Å²) < 4.78 is 57.5. The molecule has 0 N–H and O–H groups in total. The summed E-state index contributed by atoms with van der Waals surface area (Å²) in [4.78, 5) is 16.1. The smallest absolute Gasteiger partial charge is 0.416 e. The van der Waals surface area contributed by atoms with Crippen molar-refractivity contribution in [3.8, 4) is 17.4 Å². The van der Waals surface area contributed by atoms with Gasteiger partial charge in [0.25, 0.3) is 0 Å². The van der Waals surface area contributed by atoms with Gasteiger partial charge in [-0.3, -0.25) is 4.99 Å². The molecule has 0 saturated heterocycles. The van der Waals surface area contributed by atoms with Crippen LogP contribution in [0.5, 0.6) is 17.4 Å². The van der Waals surface area contributed by atoms with Gasteiger partial charge in [0.15, 0.2) is 0 Å². The Kier molecular flexibility index (Phi) is 9.19. The lowest BCUT2D eigenvalue weighted by molar-refractivity contribution is -0.137. The van der Waals surface area contributed by atoms with Gasteiger partial charge in [-0.2, -0.15) is 18.3 Å². The third-order valence-electron chi connectivity index (χ3n) is 6.25. The summed E-state index contributed by atoms with van der Waals surface area (Å²) in [5.41, 5.74) is 1.31. The van der Waals surface area contributed by atoms with E-state index in [2.05, 4.69) is 10.1 Å². The number of hydrogen-bond donors (Lipinski definition) is 0. The highest BCUT2D eigenvalue weighted by molar-refractivity contribution is 6.32. The first-order chi connectivity index (χ1) is 19.0. The van der Waals surface area contributed by atoms with Crippen LogP contribution in [0.25, 0.3) is 11.0 Å². The average molecular weight is 576 g/mol. The summed E-state index contributed by atoms with van der Waals surface area (Å²) in [6.07, 6.45) is 0.702. The van der Waals surface area contributed by atoms with Crippen LogP contribution in [0.2, 0.25) is 5.02 Å². The maximum atomic E-state index is 13.1. The first-order valence-electron chi connectivity index (χ1n) is 12.8. The summed E-state index contributed by atoms with van der Waals surface area (Å²) in [7, 11) is 1.66. The van der Waals surface area contributed by atoms with Gasteiger partial charge in [0.1, 0.15) is 17.1 Å². The van der Waals surface area contributed by atoms with Crippen molar-refractivity contribution < 1.29 is 27.1 Å². The lowest BCUT2D eigenvalue weighted by Gasteiger charge is -2.10. The zero-order chi connectivity index (χ0) is 28.9. The summed E-state index contributed by atoms with van der Waals surface area (Å²) in [6.45, 7) is 4.66. The van der Waals surface area contributed by atoms with Crippen LogP contribution in [-0.2, 0) is 13.2 Å². The second-order valence-corrected chi connectivity index (χ2v) is 9.79. The van der Waals surface area contributed by atoms with Gasteiger partial charge in [0.2, 0.25) is 5.88 Å². The number of aliphatic imine (C=N–C) groups is 1. The second-order valence-electron chi connectivity index (χ2n) is 9.38. The van der Waals surface area contributed by atoms with Gasteiger partial charge in [-0.25, -0.2) is 9.48 Å². The molecule has 0 unspecified atom stereocenters. The Morgan fingerprint density at radius 2 is 1.88 bits per heavy atom. The van der Waals surface area contributed by atoms with Gasteiger partial charge >= 0.3 is 11.8 Å². The highest BCUT2D eigenvalue weighted by Gasteiger charge is 2.30. The minimum atomic E-state index is -4.46. The Labute approximate surface area is 234 Å². The minimum absolute atomic E-state index is 0.0688. The van der Waals surface area contributed by atoms with E-state index in [9.17, 15) is 18.0 Å². The number of aryl methyl sites for hydroxylation is 3. The Balaban J connectivity index is 1.24. The van der Waals surface area contributed by atoms with Gasteiger partial charge < -0.3 is 13.9 Å². The molecule has 2 aromatic heterocycles. The zero-order valence-electron chi connectivity index (χ0n) is 22.3. The molecule has 4 rings (SSSR count). The monoisotopic (exact) mass is 575 g/mol. The topological polar surface area (TPSA) is 78.8 Å². The molecule has 0 amide bonds. The van der Waals surface area contributed by atoms with Crippen LogP contribution in [0.4, 0.5) is 13.2 Å². The zero-order valence-corrected chi connectivity index (χ0v) is 23.1. The number of benzene rings is 2. The maximum absolute atomic E-state index is 13.1. The van der Waals surface area contributed by atoms with E-state index < -0.39 is 17.4 Å². The molecule has 7 nitrogen and oxygen atoms in total. The Hall–Kier alpha value is -3.79. The lowest BCUT2D eigenvalue weighted by Crippen LogP contribution is -2.05. The van der Waals surface area contributed by atoms with Crippen LogP contribution < -0.4 is 15.1 Å². The molecule has 2 heterocycles. The highest BCUT2D eigenvalue weighted by atomic mass is 35.5. The lowest BCUT2D eigenvalue weighted by atomic mass is 10.1. The quantitative estimate of drug-likeness (QED) is 0.104. The van der Waals surface area contributed by atoms with Gasteiger partial charge in [0.05, 0.1) is 28.5 Å². The molecule has 4 aromatic rings. The first-order valence-corrected chi connectivity index (χ1v) is 13.2. The SMILES string of the molecule is Cc1nn(C)c(Oc2cccc(C(F)(F)F)c2)c1C=NCCCCCCOc1cc2oc(=O)cc(C)c2cc1Cl. The van der Waals surface area contributed by atoms with E-state index in [0.29, 0.717) is 46.6 Å². The standard InChI is InChI=1S/C29H29ClF3N3O4/c1-18-13-27(37)40-25-16-26(24(30)15-22(18)25)38-12-7-5-4-6-11-34-17-23-19(2)35-36(3)28(23)39-21-10-8-9-20(14-21)29(31,32)33/h8-10,13-17H,4-7,11-12H2,1-3H3. The summed E-state index contributed by atoms with van der Waals surface area (Å²) in [6, 6.07) is 9.53. The minimum Gasteiger partial charge on any atom is -0.492 e. The molecular weight excluding hydrogens is 547 g/mol. The fraction of sp³-hybridized carbons (Fsp3) is 0.345. The van der Waals surface area contributed by atoms with E-state index in [0.717, 1.165) is 48.8 Å². The maximum Gasteiger partial charge on any atom is 0.416 e. The van der Waals surface area contributed by atoms with E-state index >= 15 is 0 Å². The van der Waals surface area contributed by atoms with E-state index in [1.165, 1.54) is 22.9 Å². The number of alkyl halides is 3. The molecule has 40 heavy (non-hydrogen) atoms. The van der Waals surface area contributed by atoms with Crippen LogP contribution in [0.1, 0.15) is 48.1 Å². The van der Waals surface area contributed by atoms with Crippen molar-refractivity contribution in [3.05, 3.63) is 80.3 Å². The Morgan fingerprint density at radius 3 is 2.65 bits per heavy atom. The molecule has 0 aliphatic heterocycles. The molecule has 0 aliphatic carbocycles. The van der Waals surface area contributed by atoms with Crippen molar-refractivity contribution in [3.63, 3.8) is 0 Å². The van der Waals surface area contributed by atoms with Crippen LogP contribution in [0.3, 0.4) is 0 Å². The predicted molar refractivity (Wildman–Crippen MR) is 148 cm³/mol. The molecular formula is C29H29ClF3N3O4. The third-order valence-corrected chi connectivity index (χ3v) is 6.55. The molecule has 0 bridgehead atoms. The van der Waals surface area contributed by atoms with Gasteiger partial charge in [-0.15, -0.1) is 0 Å². The predicted octanol–water partition coefficient (Wildman–Crippen LogP) is 7.67. The first kappa shape index (κ1) is 29.2. The highest BCUT2D eigenvalue weighted by Crippen LogP contribution is 2.34. The molecule has 0 aliphatic rings. The largest absolute Gasteiger partial charge is 0.492 e. The fourth-order valence-corrected chi connectivity index (χ4v) is 4.42. The van der Waals surface area contributed by atoms with Crippen LogP contribution in [0.15, 0.2) is 56.7 Å². The average Bonchev–Trinajstić information content (AvgIpc) is 3.15. The molecule has 11 heteroatoms. The van der Waals surface area contributed by atoms with E-state index in [1.54, 1.807) is 32.3 Å². The van der Waals surface area contributed by atoms with Gasteiger partial charge in [0, 0.05) is 37.3 Å². The van der Waals surface area contributed by atoms with Crippen molar-refractivity contribution in [1.29, 1.82) is 0 Å². The summed E-state index contributed by atoms with van der Waals surface area (Å²) in [5.74, 6) is 0.862. The van der Waals surface area contributed by atoms with Crippen molar-refractivity contribution >= 4 is 28.8 Å². The normalized spacial score (nSPS) is 12.0. The fourth-order valence-electron chi connectivity index (χ4n) is 4.20. The number of ether oxygens (including phenoxy) is 2. The van der Waals surface area contributed by atoms with Crippen LogP contribution in [-0.4, -0.2) is 29.1 Å². The van der Waals surface area contributed by atoms with Gasteiger partial charge in [-0.1, -0.05) is 24.1 Å². The number of hydrogen-bond acceptors (Lipinski definition) is 6. The van der Waals surface area contributed by atoms with Crippen molar-refractivity contribution in [2.45, 2.75) is 45.7 Å². The van der Waals surface area contributed by atoms with E-state index in [4.69, 9.17) is 25.5 Å². The Bertz CT molecular complexity index is 1580. The number of nitrogens with zero attached hydrogens (tertiary/aromatic N) is 3. The van der Waals surface area contributed by atoms with Gasteiger partial charge in [-0.05, 0) is 62.9 Å². The Morgan fingerprint density at radius 1 is 1.10 bits per heavy atom. The molecule has 0 atom stereocenters. The number of aromatic nitrogens is 2. The molecule has 0 radical (unpaired) electrons. The molecule has 0 saturated carbocycles. The number of unbranched alkanes of at least 4 members (excludes halogenated alkanes) is 3. The summed E-state index contributed by atoms with van der Waals surface area (Å²) >= 11 is 6.34. The molecule has 212 valence electrons. The van der Waals surface area contributed by atoms with E-state index in [-0.39, 0.29) is 5.75 Å². The van der Waals surface area contributed by atoms with Crippen LogP contribution >= 0.6 is 11.6 Å². The van der Waals surface area contributed by atoms with Crippen molar-refractivity contribution in [1.82, 2.24) is 9.78 Å². The number of fused-ring (bicyclic) bond motifs is 1. The number of halogens is 4. The summed E-state index contributed by atoms with van der Waals surface area (Å²) in [5, 5.41) is 5.55. The van der Waals surface area contributed by atoms with Crippen molar-refractivity contribution in [2.24, 2.45) is 12.0 Å². The van der Waals surface area contributed by atoms with E-state index in [1.807, 2.05) is 6.92 Å². The number of rotatable bonds is 11.